The van der Waals surface area contributed by atoms with E-state index in [0.717, 1.165) is 31.2 Å². The molecule has 2 aliphatic rings. The van der Waals surface area contributed by atoms with Gasteiger partial charge in [-0.25, -0.2) is 19.3 Å². The molecule has 2 aromatic carbocycles. The second kappa shape index (κ2) is 10.7. The first-order chi connectivity index (χ1) is 16.4. The first-order valence-electron chi connectivity index (χ1n) is 11.6. The highest BCUT2D eigenvalue weighted by Gasteiger charge is 2.32. The van der Waals surface area contributed by atoms with Gasteiger partial charge in [0.05, 0.1) is 25.2 Å². The highest BCUT2D eigenvalue weighted by Crippen LogP contribution is 2.33. The van der Waals surface area contributed by atoms with Crippen LogP contribution in [0.15, 0.2) is 47.4 Å². The number of anilines is 1. The molecule has 4 rings (SSSR count). The number of ether oxygens (including phenoxy) is 2. The van der Waals surface area contributed by atoms with Crippen LogP contribution in [0.25, 0.3) is 0 Å². The summed E-state index contributed by atoms with van der Waals surface area (Å²) in [5.41, 5.74) is 7.67. The Labute approximate surface area is 200 Å². The maximum absolute atomic E-state index is 12.9. The van der Waals surface area contributed by atoms with E-state index >= 15 is 0 Å². The van der Waals surface area contributed by atoms with Gasteiger partial charge in [0.2, 0.25) is 15.9 Å². The molecule has 2 aliphatic heterocycles. The van der Waals surface area contributed by atoms with Gasteiger partial charge in [-0.3, -0.25) is 4.79 Å². The van der Waals surface area contributed by atoms with Crippen LogP contribution in [0.2, 0.25) is 0 Å². The minimum Gasteiger partial charge on any atom is -0.497 e. The molecule has 0 saturated carbocycles. The predicted molar refractivity (Wildman–Crippen MR) is 129 cm³/mol. The smallest absolute Gasteiger partial charge is 0.243 e. The number of hydrazine groups is 1. The number of benzene rings is 2. The molecule has 10 heteroatoms. The molecule has 3 N–H and O–H groups in total. The van der Waals surface area contributed by atoms with Crippen molar-refractivity contribution in [1.82, 2.24) is 15.2 Å². The number of carbonyl (C=O) groups is 1. The van der Waals surface area contributed by atoms with Crippen molar-refractivity contribution in [1.29, 1.82) is 0 Å². The van der Waals surface area contributed by atoms with Crippen LogP contribution >= 0.6 is 0 Å². The third-order valence-corrected chi connectivity index (χ3v) is 8.27. The number of rotatable bonds is 7. The molecule has 0 aromatic heterocycles. The Balaban J connectivity index is 1.38. The fourth-order valence-corrected chi connectivity index (χ4v) is 5.93. The molecule has 34 heavy (non-hydrogen) atoms. The van der Waals surface area contributed by atoms with Crippen molar-refractivity contribution in [2.24, 2.45) is 0 Å². The second-order valence-electron chi connectivity index (χ2n) is 8.57. The molecular weight excluding hydrogens is 456 g/mol. The zero-order chi connectivity index (χ0) is 24.1. The zero-order valence-corrected chi connectivity index (χ0v) is 20.4. The van der Waals surface area contributed by atoms with Crippen LogP contribution in [-0.4, -0.2) is 52.0 Å². The number of nitrogens with zero attached hydrogens (tertiary/aromatic N) is 1. The number of hydrogen-bond acceptors (Lipinski definition) is 7. The zero-order valence-electron chi connectivity index (χ0n) is 19.5. The summed E-state index contributed by atoms with van der Waals surface area (Å²) < 4.78 is 38.2. The maximum Gasteiger partial charge on any atom is 0.243 e. The van der Waals surface area contributed by atoms with Gasteiger partial charge < -0.3 is 14.8 Å². The largest absolute Gasteiger partial charge is 0.497 e. The fraction of sp³-hybridized carbons (Fsp3) is 0.458. The van der Waals surface area contributed by atoms with E-state index in [-0.39, 0.29) is 16.8 Å². The van der Waals surface area contributed by atoms with Crippen molar-refractivity contribution in [3.8, 4) is 11.5 Å². The molecule has 0 aliphatic carbocycles. The van der Waals surface area contributed by atoms with Crippen LogP contribution in [0, 0.1) is 0 Å². The lowest BCUT2D eigenvalue weighted by molar-refractivity contribution is -0.117. The molecule has 2 atom stereocenters. The topological polar surface area (TPSA) is 109 Å². The summed E-state index contributed by atoms with van der Waals surface area (Å²) in [6.07, 6.45) is 4.43. The monoisotopic (exact) mass is 488 g/mol. The maximum atomic E-state index is 12.9. The molecule has 184 valence electrons. The fourth-order valence-electron chi connectivity index (χ4n) is 4.41. The summed E-state index contributed by atoms with van der Waals surface area (Å²) >= 11 is 0. The Bertz CT molecular complexity index is 1100. The lowest BCUT2D eigenvalue weighted by atomic mass is 10.0. The van der Waals surface area contributed by atoms with E-state index in [2.05, 4.69) is 16.2 Å². The van der Waals surface area contributed by atoms with Gasteiger partial charge in [-0.05, 0) is 49.6 Å². The molecule has 0 radical (unpaired) electrons. The van der Waals surface area contributed by atoms with Crippen molar-refractivity contribution in [2.45, 2.75) is 49.1 Å². The van der Waals surface area contributed by atoms with E-state index in [1.807, 2.05) is 18.2 Å². The molecule has 0 bridgehead atoms. The molecule has 0 spiro atoms. The van der Waals surface area contributed by atoms with Gasteiger partial charge in [0.1, 0.15) is 17.5 Å². The van der Waals surface area contributed by atoms with E-state index in [1.165, 1.54) is 0 Å². The minimum absolute atomic E-state index is 0.113. The number of nitrogens with one attached hydrogen (secondary N) is 3. The van der Waals surface area contributed by atoms with Crippen LogP contribution < -0.4 is 25.6 Å². The van der Waals surface area contributed by atoms with E-state index in [4.69, 9.17) is 9.47 Å². The first kappa shape index (κ1) is 24.5. The average Bonchev–Trinajstić information content (AvgIpc) is 3.18. The van der Waals surface area contributed by atoms with Gasteiger partial charge in [0.25, 0.3) is 0 Å². The second-order valence-corrected chi connectivity index (χ2v) is 10.5. The van der Waals surface area contributed by atoms with Gasteiger partial charge in [0.15, 0.2) is 0 Å². The first-order valence-corrected chi connectivity index (χ1v) is 13.0. The van der Waals surface area contributed by atoms with E-state index < -0.39 is 16.1 Å². The Morgan fingerprint density at radius 2 is 1.68 bits per heavy atom. The molecule has 2 fully saturated rings. The van der Waals surface area contributed by atoms with Gasteiger partial charge in [-0.2, -0.15) is 4.31 Å². The van der Waals surface area contributed by atoms with Crippen LogP contribution in [0.3, 0.4) is 0 Å². The van der Waals surface area contributed by atoms with Crippen molar-refractivity contribution in [2.75, 3.05) is 32.6 Å². The van der Waals surface area contributed by atoms with Crippen molar-refractivity contribution < 1.29 is 22.7 Å². The Morgan fingerprint density at radius 3 is 2.32 bits per heavy atom. The van der Waals surface area contributed by atoms with Crippen LogP contribution in [0.1, 0.15) is 43.7 Å². The van der Waals surface area contributed by atoms with Gasteiger partial charge in [0, 0.05) is 30.4 Å². The SMILES string of the molecule is COc1ccc(C2CC(C(=O)Nc3ccc(S(=O)(=O)N4CCCCCC4)cc3)NN2)c(OC)c1. The standard InChI is InChI=1S/C24H32N4O5S/c1-32-18-9-12-20(23(15-18)33-2)21-16-22(27-26-21)24(29)25-17-7-10-19(11-8-17)34(30,31)28-13-5-3-4-6-14-28/h7-12,15,21-22,26-27H,3-6,13-14,16H2,1-2H3,(H,25,29). The van der Waals surface area contributed by atoms with Crippen molar-refractivity contribution in [3.63, 3.8) is 0 Å². The molecular formula is C24H32N4O5S. The van der Waals surface area contributed by atoms with Gasteiger partial charge in [-0.1, -0.05) is 18.9 Å². The molecule has 2 heterocycles. The van der Waals surface area contributed by atoms with E-state index in [0.29, 0.717) is 36.7 Å². The summed E-state index contributed by atoms with van der Waals surface area (Å²) in [7, 11) is -0.321. The molecule has 2 unspecified atom stereocenters. The highest BCUT2D eigenvalue weighted by molar-refractivity contribution is 7.89. The van der Waals surface area contributed by atoms with Gasteiger partial charge in [-0.15, -0.1) is 0 Å². The normalized spacial score (nSPS) is 21.6. The number of hydrogen-bond donors (Lipinski definition) is 3. The lowest BCUT2D eigenvalue weighted by Gasteiger charge is -2.20. The summed E-state index contributed by atoms with van der Waals surface area (Å²) in [6.45, 7) is 1.11. The van der Waals surface area contributed by atoms with Gasteiger partial charge >= 0.3 is 0 Å². The average molecular weight is 489 g/mol. The summed E-state index contributed by atoms with van der Waals surface area (Å²) in [5.74, 6) is 1.17. The van der Waals surface area contributed by atoms with Crippen LogP contribution in [0.4, 0.5) is 5.69 Å². The predicted octanol–water partition coefficient (Wildman–Crippen LogP) is 2.81. The minimum atomic E-state index is -3.52. The van der Waals surface area contributed by atoms with E-state index in [9.17, 15) is 13.2 Å². The number of carbonyl (C=O) groups excluding carboxylic acids is 1. The summed E-state index contributed by atoms with van der Waals surface area (Å²) in [4.78, 5) is 13.1. The molecule has 1 amide bonds. The Morgan fingerprint density at radius 1 is 0.971 bits per heavy atom. The third kappa shape index (κ3) is 5.35. The number of amides is 1. The summed E-state index contributed by atoms with van der Waals surface area (Å²) in [5, 5.41) is 2.87. The Hall–Kier alpha value is -2.66. The lowest BCUT2D eigenvalue weighted by Crippen LogP contribution is -2.39. The van der Waals surface area contributed by atoms with E-state index in [1.54, 1.807) is 42.8 Å². The highest BCUT2D eigenvalue weighted by atomic mass is 32.2. The quantitative estimate of drug-likeness (QED) is 0.550. The van der Waals surface area contributed by atoms with Crippen LogP contribution in [-0.2, 0) is 14.8 Å². The molecule has 9 nitrogen and oxygen atoms in total. The third-order valence-electron chi connectivity index (χ3n) is 6.36. The number of methoxy groups -OCH3 is 2. The summed E-state index contributed by atoms with van der Waals surface area (Å²) in [6, 6.07) is 11.4. The van der Waals surface area contributed by atoms with Crippen molar-refractivity contribution in [3.05, 3.63) is 48.0 Å². The van der Waals surface area contributed by atoms with Crippen molar-refractivity contribution >= 4 is 21.6 Å². The number of sulfonamides is 1. The Kier molecular flexibility index (Phi) is 7.72. The molecule has 2 saturated heterocycles. The molecule has 2 aromatic rings. The van der Waals surface area contributed by atoms with Crippen LogP contribution in [0.5, 0.6) is 11.5 Å².